The summed E-state index contributed by atoms with van der Waals surface area (Å²) >= 11 is 6.44. The van der Waals surface area contributed by atoms with E-state index in [0.717, 1.165) is 39.5 Å². The van der Waals surface area contributed by atoms with E-state index in [1.54, 1.807) is 42.1 Å². The van der Waals surface area contributed by atoms with Gasteiger partial charge in [-0.15, -0.1) is 0 Å². The molecule has 37 heavy (non-hydrogen) atoms. The van der Waals surface area contributed by atoms with Crippen molar-refractivity contribution in [2.24, 2.45) is 0 Å². The lowest BCUT2D eigenvalue weighted by atomic mass is 10.0. The number of nitrogens with zero attached hydrogens (tertiary/aromatic N) is 3. The van der Waals surface area contributed by atoms with Crippen molar-refractivity contribution < 1.29 is 9.53 Å². The molecule has 5 aromatic rings. The predicted octanol–water partition coefficient (Wildman–Crippen LogP) is 4.57. The smallest absolute Gasteiger partial charge is 0.323 e. The van der Waals surface area contributed by atoms with Gasteiger partial charge < -0.3 is 20.7 Å². The van der Waals surface area contributed by atoms with E-state index >= 15 is 0 Å². The van der Waals surface area contributed by atoms with Crippen LogP contribution in [0, 0.1) is 0 Å². The van der Waals surface area contributed by atoms with Gasteiger partial charge in [0.25, 0.3) is 0 Å². The van der Waals surface area contributed by atoms with Crippen LogP contribution >= 0.6 is 11.6 Å². The maximum absolute atomic E-state index is 12.5. The molecule has 0 radical (unpaired) electrons. The van der Waals surface area contributed by atoms with Crippen LogP contribution in [-0.2, 0) is 6.54 Å². The zero-order valence-corrected chi connectivity index (χ0v) is 21.1. The Labute approximate surface area is 220 Å². The van der Waals surface area contributed by atoms with E-state index in [4.69, 9.17) is 21.3 Å². The van der Waals surface area contributed by atoms with E-state index in [-0.39, 0.29) is 6.03 Å². The number of urea groups is 1. The molecule has 10 heteroatoms. The van der Waals surface area contributed by atoms with Crippen LogP contribution in [0.4, 0.5) is 22.0 Å². The number of halogens is 1. The highest BCUT2D eigenvalue weighted by Gasteiger charge is 2.13. The Morgan fingerprint density at radius 1 is 1.00 bits per heavy atom. The molecule has 0 unspecified atom stereocenters. The Balaban J connectivity index is 1.31. The molecule has 2 amide bonds. The van der Waals surface area contributed by atoms with Gasteiger partial charge in [0.2, 0.25) is 0 Å². The second-order valence-corrected chi connectivity index (χ2v) is 8.84. The Morgan fingerprint density at radius 3 is 2.57 bits per heavy atom. The number of fused-ring (bicyclic) bond motifs is 1. The second kappa shape index (κ2) is 10.6. The molecule has 2 heterocycles. The molecule has 0 fully saturated rings. The molecule has 0 atom stereocenters. The summed E-state index contributed by atoms with van der Waals surface area (Å²) in [5.74, 6) is 1.51. The first-order valence-electron chi connectivity index (χ1n) is 11.7. The lowest BCUT2D eigenvalue weighted by Gasteiger charge is -2.13. The lowest BCUT2D eigenvalue weighted by Crippen LogP contribution is -2.19. The normalized spacial score (nSPS) is 10.8. The van der Waals surface area contributed by atoms with Crippen molar-refractivity contribution in [2.45, 2.75) is 6.54 Å². The number of ether oxygens (including phenoxy) is 1. The number of carbonyl (C=O) groups excluding carboxylic acids is 1. The minimum atomic E-state index is -0.331. The first-order chi connectivity index (χ1) is 18.0. The first kappa shape index (κ1) is 24.2. The van der Waals surface area contributed by atoms with Gasteiger partial charge in [-0.3, -0.25) is 0 Å². The van der Waals surface area contributed by atoms with Crippen LogP contribution in [0.5, 0.6) is 5.75 Å². The van der Waals surface area contributed by atoms with E-state index in [1.165, 1.54) is 0 Å². The summed E-state index contributed by atoms with van der Waals surface area (Å²) in [6.07, 6.45) is 1.79. The van der Waals surface area contributed by atoms with E-state index in [9.17, 15) is 4.79 Å². The number of methoxy groups -OCH3 is 1. The maximum atomic E-state index is 12.5. The Hall–Kier alpha value is -4.50. The van der Waals surface area contributed by atoms with Gasteiger partial charge >= 0.3 is 6.03 Å². The summed E-state index contributed by atoms with van der Waals surface area (Å²) in [6, 6.07) is 24.0. The number of benzene rings is 3. The minimum Gasteiger partial charge on any atom is -0.497 e. The number of rotatable bonds is 7. The van der Waals surface area contributed by atoms with Gasteiger partial charge in [0.15, 0.2) is 5.65 Å². The molecule has 3 aromatic carbocycles. The number of hydrogen-bond donors (Lipinski definition) is 3. The van der Waals surface area contributed by atoms with Crippen LogP contribution < -0.4 is 26.2 Å². The van der Waals surface area contributed by atoms with Crippen LogP contribution in [0.15, 0.2) is 85.1 Å². The van der Waals surface area contributed by atoms with Crippen LogP contribution in [0.25, 0.3) is 16.9 Å². The highest BCUT2D eigenvalue weighted by molar-refractivity contribution is 6.36. The van der Waals surface area contributed by atoms with Crippen molar-refractivity contribution in [2.75, 3.05) is 23.1 Å². The van der Waals surface area contributed by atoms with Crippen molar-refractivity contribution >= 4 is 53.8 Å². The van der Waals surface area contributed by atoms with Crippen molar-refractivity contribution in [1.29, 1.82) is 0 Å². The molecular formula is C27H24BClN6O2. The number of carbonyl (C=O) groups is 1. The first-order valence-corrected chi connectivity index (χ1v) is 12.0. The molecule has 0 spiro atoms. The quantitative estimate of drug-likeness (QED) is 0.279. The lowest BCUT2D eigenvalue weighted by molar-refractivity contribution is 0.262. The summed E-state index contributed by atoms with van der Waals surface area (Å²) < 4.78 is 6.93. The van der Waals surface area contributed by atoms with Crippen LogP contribution in [0.2, 0.25) is 5.02 Å². The van der Waals surface area contributed by atoms with Gasteiger partial charge in [0, 0.05) is 40.8 Å². The predicted molar refractivity (Wildman–Crippen MR) is 151 cm³/mol. The number of amides is 2. The summed E-state index contributed by atoms with van der Waals surface area (Å²) in [7, 11) is 3.57. The average molecular weight is 511 g/mol. The van der Waals surface area contributed by atoms with Gasteiger partial charge in [-0.1, -0.05) is 41.9 Å². The van der Waals surface area contributed by atoms with E-state index in [1.807, 2.05) is 62.4 Å². The monoisotopic (exact) mass is 510 g/mol. The molecule has 0 saturated carbocycles. The van der Waals surface area contributed by atoms with Gasteiger partial charge in [-0.25, -0.2) is 9.78 Å². The molecule has 0 aliphatic heterocycles. The Morgan fingerprint density at radius 2 is 1.78 bits per heavy atom. The topological polar surface area (TPSA) is 92.6 Å². The van der Waals surface area contributed by atoms with E-state index in [0.29, 0.717) is 22.9 Å². The SMILES string of the molecule is Bc1cnn2c(NCc3cccc(NC(=O)Nc4ccc(OC)cc4)c3)cc(-c3ccccc3Cl)nc12. The summed E-state index contributed by atoms with van der Waals surface area (Å²) in [4.78, 5) is 17.3. The second-order valence-electron chi connectivity index (χ2n) is 8.43. The third-order valence-electron chi connectivity index (χ3n) is 5.80. The molecule has 5 rings (SSSR count). The number of hydrogen-bond acceptors (Lipinski definition) is 5. The summed E-state index contributed by atoms with van der Waals surface area (Å²) in [6.45, 7) is 0.510. The molecule has 0 aliphatic rings. The zero-order chi connectivity index (χ0) is 25.8. The Kier molecular flexibility index (Phi) is 6.96. The van der Waals surface area contributed by atoms with Crippen molar-refractivity contribution in [3.8, 4) is 17.0 Å². The largest absolute Gasteiger partial charge is 0.497 e. The highest BCUT2D eigenvalue weighted by Crippen LogP contribution is 2.28. The molecular weight excluding hydrogens is 487 g/mol. The number of aromatic nitrogens is 3. The van der Waals surface area contributed by atoms with E-state index in [2.05, 4.69) is 21.0 Å². The molecule has 184 valence electrons. The molecule has 3 N–H and O–H groups in total. The van der Waals surface area contributed by atoms with E-state index < -0.39 is 0 Å². The highest BCUT2D eigenvalue weighted by atomic mass is 35.5. The van der Waals surface area contributed by atoms with Gasteiger partial charge in [-0.2, -0.15) is 9.61 Å². The molecule has 0 saturated heterocycles. The van der Waals surface area contributed by atoms with Gasteiger partial charge in [-0.05, 0) is 53.5 Å². The zero-order valence-electron chi connectivity index (χ0n) is 20.3. The van der Waals surface area contributed by atoms with Crippen LogP contribution in [0.3, 0.4) is 0 Å². The standard InChI is InChI=1S/C27H24BClN6O2/c1-37-20-11-9-18(10-12-20)32-27(36)33-19-6-4-5-17(13-19)15-30-25-14-24(21-7-2-3-8-23(21)29)34-26-22(28)16-31-35(25)26/h2-14,16,30H,15,28H2,1H3,(H2,32,33,36). The van der Waals surface area contributed by atoms with Gasteiger partial charge in [0.05, 0.1) is 12.8 Å². The van der Waals surface area contributed by atoms with Crippen molar-refractivity contribution in [3.05, 3.63) is 95.6 Å². The van der Waals surface area contributed by atoms with Crippen LogP contribution in [-0.4, -0.2) is 35.6 Å². The maximum Gasteiger partial charge on any atom is 0.323 e. The van der Waals surface area contributed by atoms with Crippen molar-refractivity contribution in [3.63, 3.8) is 0 Å². The molecule has 0 bridgehead atoms. The van der Waals surface area contributed by atoms with Crippen molar-refractivity contribution in [1.82, 2.24) is 14.6 Å². The number of nitrogens with one attached hydrogen (secondary N) is 3. The Bertz CT molecular complexity index is 1570. The fourth-order valence-electron chi connectivity index (χ4n) is 3.92. The summed E-state index contributed by atoms with van der Waals surface area (Å²) in [5.41, 5.74) is 5.66. The van der Waals surface area contributed by atoms with Gasteiger partial charge in [0.1, 0.15) is 19.4 Å². The molecule has 8 nitrogen and oxygen atoms in total. The fraction of sp³-hybridized carbons (Fsp3) is 0.0741. The fourth-order valence-corrected chi connectivity index (χ4v) is 4.16. The third kappa shape index (κ3) is 5.52. The average Bonchev–Trinajstić information content (AvgIpc) is 3.29. The number of anilines is 3. The summed E-state index contributed by atoms with van der Waals surface area (Å²) in [5, 5.41) is 14.3. The van der Waals surface area contributed by atoms with Crippen LogP contribution in [0.1, 0.15) is 5.56 Å². The third-order valence-corrected chi connectivity index (χ3v) is 6.13. The molecule has 2 aromatic heterocycles. The molecule has 0 aliphatic carbocycles. The minimum absolute atomic E-state index is 0.331.